The second-order valence-electron chi connectivity index (χ2n) is 4.97. The first-order valence-electron chi connectivity index (χ1n) is 6.57. The zero-order valence-corrected chi connectivity index (χ0v) is 10.9. The lowest BCUT2D eigenvalue weighted by atomic mass is 9.87. The number of hydrogen-bond acceptors (Lipinski definition) is 5. The highest BCUT2D eigenvalue weighted by atomic mass is 16.5. The van der Waals surface area contributed by atoms with Gasteiger partial charge in [-0.3, -0.25) is 9.59 Å². The van der Waals surface area contributed by atoms with E-state index in [0.717, 1.165) is 12.8 Å². The second-order valence-corrected chi connectivity index (χ2v) is 4.97. The van der Waals surface area contributed by atoms with Crippen LogP contribution in [-0.2, 0) is 11.2 Å². The number of aromatic amines is 1. The van der Waals surface area contributed by atoms with Crippen molar-refractivity contribution < 1.29 is 14.6 Å². The van der Waals surface area contributed by atoms with Gasteiger partial charge in [-0.15, -0.1) is 0 Å². The summed E-state index contributed by atoms with van der Waals surface area (Å²) < 4.78 is 4.74. The molecule has 2 rings (SSSR count). The van der Waals surface area contributed by atoms with E-state index in [1.165, 1.54) is 26.2 Å². The van der Waals surface area contributed by atoms with Gasteiger partial charge in [0.05, 0.1) is 0 Å². The lowest BCUT2D eigenvalue weighted by molar-refractivity contribution is -0.132. The van der Waals surface area contributed by atoms with Crippen LogP contribution < -0.4 is 10.3 Å². The van der Waals surface area contributed by atoms with Gasteiger partial charge in [-0.2, -0.15) is 4.98 Å². The predicted molar refractivity (Wildman–Crippen MR) is 68.1 cm³/mol. The van der Waals surface area contributed by atoms with Gasteiger partial charge in [0.25, 0.3) is 11.4 Å². The summed E-state index contributed by atoms with van der Waals surface area (Å²) in [4.78, 5) is 29.0. The van der Waals surface area contributed by atoms with E-state index in [2.05, 4.69) is 9.97 Å². The average Bonchev–Trinajstić information content (AvgIpc) is 2.36. The van der Waals surface area contributed by atoms with Gasteiger partial charge >= 0.3 is 5.97 Å². The largest absolute Gasteiger partial charge is 0.499 e. The molecule has 1 aromatic heterocycles. The number of hydrogen-bond donors (Lipinski definition) is 2. The molecule has 104 valence electrons. The molecule has 0 atom stereocenters. The Hall–Kier alpha value is -1.85. The van der Waals surface area contributed by atoms with Gasteiger partial charge in [0, 0.05) is 13.3 Å². The number of rotatable bonds is 3. The molecule has 1 aliphatic rings. The van der Waals surface area contributed by atoms with Crippen molar-refractivity contribution >= 4 is 5.97 Å². The van der Waals surface area contributed by atoms with E-state index in [-0.39, 0.29) is 5.88 Å². The van der Waals surface area contributed by atoms with Crippen LogP contribution in [0.3, 0.4) is 0 Å². The molecule has 0 spiro atoms. The van der Waals surface area contributed by atoms with E-state index in [4.69, 9.17) is 4.74 Å². The van der Waals surface area contributed by atoms with Crippen molar-refractivity contribution in [2.75, 3.05) is 0 Å². The summed E-state index contributed by atoms with van der Waals surface area (Å²) in [6.07, 6.45) is 6.53. The molecule has 1 aromatic rings. The van der Waals surface area contributed by atoms with Gasteiger partial charge < -0.3 is 14.8 Å². The van der Waals surface area contributed by atoms with Crippen LogP contribution in [-0.4, -0.2) is 21.0 Å². The number of ether oxygens (including phenoxy) is 1. The van der Waals surface area contributed by atoms with Crippen molar-refractivity contribution in [1.82, 2.24) is 9.97 Å². The number of aromatic nitrogens is 2. The molecule has 6 nitrogen and oxygen atoms in total. The zero-order valence-electron chi connectivity index (χ0n) is 10.9. The van der Waals surface area contributed by atoms with E-state index in [1.807, 2.05) is 0 Å². The molecule has 1 heterocycles. The predicted octanol–water partition coefficient (Wildman–Crippen LogP) is 1.52. The Morgan fingerprint density at radius 2 is 2.11 bits per heavy atom. The molecule has 0 amide bonds. The second kappa shape index (κ2) is 5.86. The van der Waals surface area contributed by atoms with Crippen LogP contribution in [0.15, 0.2) is 4.79 Å². The van der Waals surface area contributed by atoms with Crippen molar-refractivity contribution in [2.24, 2.45) is 5.92 Å². The summed E-state index contributed by atoms with van der Waals surface area (Å²) >= 11 is 0. The highest BCUT2D eigenvalue weighted by Gasteiger charge is 2.18. The maximum absolute atomic E-state index is 11.5. The Balaban J connectivity index is 2.18. The van der Waals surface area contributed by atoms with E-state index in [0.29, 0.717) is 18.2 Å². The SMILES string of the molecule is CC(=O)Oc1nc(CC2CCCCC2)[nH]c(=O)c1O. The third-order valence-corrected chi connectivity index (χ3v) is 3.36. The molecule has 1 fully saturated rings. The molecule has 0 unspecified atom stereocenters. The van der Waals surface area contributed by atoms with Crippen LogP contribution in [0.1, 0.15) is 44.9 Å². The Morgan fingerprint density at radius 3 is 2.74 bits per heavy atom. The first-order chi connectivity index (χ1) is 9.06. The minimum atomic E-state index is -0.669. The van der Waals surface area contributed by atoms with Crippen LogP contribution in [0, 0.1) is 5.92 Å². The van der Waals surface area contributed by atoms with E-state index >= 15 is 0 Å². The van der Waals surface area contributed by atoms with Crippen molar-refractivity contribution in [3.63, 3.8) is 0 Å². The van der Waals surface area contributed by atoms with E-state index in [1.54, 1.807) is 0 Å². The van der Waals surface area contributed by atoms with Crippen molar-refractivity contribution in [1.29, 1.82) is 0 Å². The normalized spacial score (nSPS) is 16.3. The number of carbonyl (C=O) groups is 1. The van der Waals surface area contributed by atoms with Gasteiger partial charge in [-0.05, 0) is 5.92 Å². The lowest BCUT2D eigenvalue weighted by Crippen LogP contribution is -2.18. The Morgan fingerprint density at radius 1 is 1.42 bits per heavy atom. The first kappa shape index (κ1) is 13.6. The van der Waals surface area contributed by atoms with Crippen LogP contribution in [0.5, 0.6) is 11.6 Å². The fourth-order valence-electron chi connectivity index (χ4n) is 2.46. The summed E-state index contributed by atoms with van der Waals surface area (Å²) in [7, 11) is 0. The van der Waals surface area contributed by atoms with Gasteiger partial charge in [-0.1, -0.05) is 32.1 Å². The lowest BCUT2D eigenvalue weighted by Gasteiger charge is -2.20. The summed E-state index contributed by atoms with van der Waals surface area (Å²) in [5.41, 5.74) is -0.669. The van der Waals surface area contributed by atoms with Crippen LogP contribution in [0.4, 0.5) is 0 Å². The molecule has 0 radical (unpaired) electrons. The maximum Gasteiger partial charge on any atom is 0.309 e. The standard InChI is InChI=1S/C13H18N2O4/c1-8(16)19-13-11(17)12(18)14-10(15-13)7-9-5-3-2-4-6-9/h9,17H,2-7H2,1H3,(H,14,15,18). The number of aromatic hydroxyl groups is 1. The Labute approximate surface area is 110 Å². The molecule has 0 bridgehead atoms. The molecule has 1 aliphatic carbocycles. The molecule has 1 saturated carbocycles. The molecule has 0 saturated heterocycles. The Kier molecular flexibility index (Phi) is 4.19. The molecule has 2 N–H and O–H groups in total. The highest BCUT2D eigenvalue weighted by Crippen LogP contribution is 2.26. The quantitative estimate of drug-likeness (QED) is 0.809. The van der Waals surface area contributed by atoms with Gasteiger partial charge in [-0.25, -0.2) is 0 Å². The third kappa shape index (κ3) is 3.56. The summed E-state index contributed by atoms with van der Waals surface area (Å²) in [6.45, 7) is 1.20. The van der Waals surface area contributed by atoms with Crippen molar-refractivity contribution in [3.05, 3.63) is 16.2 Å². The van der Waals surface area contributed by atoms with Gasteiger partial charge in [0.2, 0.25) is 5.75 Å². The van der Waals surface area contributed by atoms with Crippen LogP contribution >= 0.6 is 0 Å². The fourth-order valence-corrected chi connectivity index (χ4v) is 2.46. The minimum Gasteiger partial charge on any atom is -0.499 e. The minimum absolute atomic E-state index is 0.304. The first-order valence-corrected chi connectivity index (χ1v) is 6.57. The highest BCUT2D eigenvalue weighted by molar-refractivity contribution is 5.69. The topological polar surface area (TPSA) is 92.3 Å². The average molecular weight is 266 g/mol. The molecular weight excluding hydrogens is 248 g/mol. The monoisotopic (exact) mass is 266 g/mol. The summed E-state index contributed by atoms with van der Waals surface area (Å²) in [6, 6.07) is 0. The summed E-state index contributed by atoms with van der Waals surface area (Å²) in [5, 5.41) is 9.49. The Bertz CT molecular complexity index is 518. The van der Waals surface area contributed by atoms with E-state index < -0.39 is 17.3 Å². The smallest absolute Gasteiger partial charge is 0.309 e. The number of nitrogens with one attached hydrogen (secondary N) is 1. The number of esters is 1. The molecule has 6 heteroatoms. The van der Waals surface area contributed by atoms with Crippen molar-refractivity contribution in [3.8, 4) is 11.6 Å². The molecular formula is C13H18N2O4. The van der Waals surface area contributed by atoms with Crippen LogP contribution in [0.2, 0.25) is 0 Å². The van der Waals surface area contributed by atoms with Crippen molar-refractivity contribution in [2.45, 2.75) is 45.4 Å². The number of H-pyrrole nitrogens is 1. The van der Waals surface area contributed by atoms with Crippen LogP contribution in [0.25, 0.3) is 0 Å². The zero-order chi connectivity index (χ0) is 13.8. The molecule has 19 heavy (non-hydrogen) atoms. The third-order valence-electron chi connectivity index (χ3n) is 3.36. The number of nitrogens with zero attached hydrogens (tertiary/aromatic N) is 1. The fraction of sp³-hybridized carbons (Fsp3) is 0.615. The van der Waals surface area contributed by atoms with Gasteiger partial charge in [0.1, 0.15) is 5.82 Å². The maximum atomic E-state index is 11.5. The molecule has 0 aromatic carbocycles. The summed E-state index contributed by atoms with van der Waals surface area (Å²) in [5.74, 6) is -0.612. The van der Waals surface area contributed by atoms with Gasteiger partial charge in [0.15, 0.2) is 0 Å². The van der Waals surface area contributed by atoms with E-state index in [9.17, 15) is 14.7 Å². The number of carbonyl (C=O) groups excluding carboxylic acids is 1. The molecule has 0 aliphatic heterocycles.